The van der Waals surface area contributed by atoms with E-state index in [0.29, 0.717) is 13.2 Å². The number of hydrogen-bond acceptors (Lipinski definition) is 3. The molecular weight excluding hydrogens is 335 g/mol. The van der Waals surface area contributed by atoms with E-state index in [0.717, 1.165) is 16.4 Å². The fourth-order valence-electron chi connectivity index (χ4n) is 1.69. The van der Waals surface area contributed by atoms with Crippen LogP contribution in [0.2, 0.25) is 0 Å². The lowest BCUT2D eigenvalue weighted by atomic mass is 10.2. The second kappa shape index (κ2) is 4.25. The summed E-state index contributed by atoms with van der Waals surface area (Å²) in [6, 6.07) is 8.41. The monoisotopic (exact) mass is 344 g/mol. The first-order chi connectivity index (χ1) is 7.84. The predicted molar refractivity (Wildman–Crippen MR) is 73.5 cm³/mol. The molecule has 0 bridgehead atoms. The van der Waals surface area contributed by atoms with E-state index in [1.165, 1.54) is 9.13 Å². The minimum Gasteiger partial charge on any atom is -0.485 e. The largest absolute Gasteiger partial charge is 0.485 e. The highest BCUT2D eigenvalue weighted by Gasteiger charge is 2.19. The molecule has 2 nitrogen and oxygen atoms in total. The zero-order valence-corrected chi connectivity index (χ0v) is 11.4. The minimum atomic E-state index is 0.640. The number of halogens is 1. The van der Waals surface area contributed by atoms with Crippen LogP contribution in [0.25, 0.3) is 10.4 Å². The van der Waals surface area contributed by atoms with Crippen LogP contribution in [0.15, 0.2) is 29.6 Å². The van der Waals surface area contributed by atoms with E-state index in [1.54, 1.807) is 11.3 Å². The fourth-order valence-corrected chi connectivity index (χ4v) is 3.16. The Balaban J connectivity index is 2.09. The van der Waals surface area contributed by atoms with E-state index < -0.39 is 0 Å². The Morgan fingerprint density at radius 1 is 1.19 bits per heavy atom. The Kier molecular flexibility index (Phi) is 2.77. The van der Waals surface area contributed by atoms with Gasteiger partial charge in [0.15, 0.2) is 11.5 Å². The van der Waals surface area contributed by atoms with Gasteiger partial charge in [-0.1, -0.05) is 12.1 Å². The van der Waals surface area contributed by atoms with Crippen LogP contribution in [0.1, 0.15) is 0 Å². The number of thiophene rings is 1. The SMILES string of the molecule is Ic1cccc(-c2scc3c2OCCO3)c1. The van der Waals surface area contributed by atoms with Crippen LogP contribution in [0.4, 0.5) is 0 Å². The normalized spacial score (nSPS) is 13.8. The van der Waals surface area contributed by atoms with Crippen LogP contribution in [0.5, 0.6) is 11.5 Å². The molecule has 0 N–H and O–H groups in total. The van der Waals surface area contributed by atoms with Gasteiger partial charge in [-0.2, -0.15) is 0 Å². The first kappa shape index (κ1) is 10.4. The second-order valence-corrected chi connectivity index (χ2v) is 5.59. The van der Waals surface area contributed by atoms with Crippen molar-refractivity contribution in [1.29, 1.82) is 0 Å². The first-order valence-electron chi connectivity index (χ1n) is 4.97. The van der Waals surface area contributed by atoms with E-state index in [2.05, 4.69) is 46.9 Å². The first-order valence-corrected chi connectivity index (χ1v) is 6.93. The Morgan fingerprint density at radius 3 is 2.94 bits per heavy atom. The third-order valence-electron chi connectivity index (χ3n) is 2.39. The third-order valence-corrected chi connectivity index (χ3v) is 4.05. The number of benzene rings is 1. The Hall–Kier alpha value is -0.750. The van der Waals surface area contributed by atoms with Gasteiger partial charge in [-0.25, -0.2) is 0 Å². The van der Waals surface area contributed by atoms with Crippen molar-refractivity contribution in [2.45, 2.75) is 0 Å². The van der Waals surface area contributed by atoms with E-state index >= 15 is 0 Å². The van der Waals surface area contributed by atoms with Gasteiger partial charge in [0.2, 0.25) is 0 Å². The zero-order valence-electron chi connectivity index (χ0n) is 8.40. The molecule has 0 fully saturated rings. The summed E-state index contributed by atoms with van der Waals surface area (Å²) in [7, 11) is 0. The van der Waals surface area contributed by atoms with E-state index in [-0.39, 0.29) is 0 Å². The minimum absolute atomic E-state index is 0.640. The maximum Gasteiger partial charge on any atom is 0.179 e. The molecule has 1 aromatic carbocycles. The average molecular weight is 344 g/mol. The molecule has 1 aliphatic rings. The van der Waals surface area contributed by atoms with Crippen molar-refractivity contribution in [3.05, 3.63) is 33.2 Å². The van der Waals surface area contributed by atoms with Crippen molar-refractivity contribution in [3.8, 4) is 21.9 Å². The Labute approximate surface area is 111 Å². The average Bonchev–Trinajstić information content (AvgIpc) is 2.72. The standard InChI is InChI=1S/C12H9IO2S/c13-9-3-1-2-8(6-9)12-11-10(7-16-12)14-4-5-15-11/h1-3,6-7H,4-5H2. The summed E-state index contributed by atoms with van der Waals surface area (Å²) < 4.78 is 12.4. The lowest BCUT2D eigenvalue weighted by Crippen LogP contribution is -2.14. The fraction of sp³-hybridized carbons (Fsp3) is 0.167. The molecule has 0 aliphatic carbocycles. The quantitative estimate of drug-likeness (QED) is 0.733. The van der Waals surface area contributed by atoms with Crippen LogP contribution in [0, 0.1) is 3.57 Å². The highest BCUT2D eigenvalue weighted by molar-refractivity contribution is 14.1. The maximum absolute atomic E-state index is 5.67. The van der Waals surface area contributed by atoms with Crippen LogP contribution in [-0.4, -0.2) is 13.2 Å². The molecule has 0 saturated heterocycles. The number of rotatable bonds is 1. The molecule has 0 radical (unpaired) electrons. The van der Waals surface area contributed by atoms with Gasteiger partial charge < -0.3 is 9.47 Å². The summed E-state index contributed by atoms with van der Waals surface area (Å²) in [6.45, 7) is 1.29. The van der Waals surface area contributed by atoms with E-state index in [9.17, 15) is 0 Å². The lowest BCUT2D eigenvalue weighted by Gasteiger charge is -2.16. The molecule has 2 aromatic rings. The molecule has 4 heteroatoms. The van der Waals surface area contributed by atoms with Crippen molar-refractivity contribution in [2.75, 3.05) is 13.2 Å². The smallest absolute Gasteiger partial charge is 0.179 e. The lowest BCUT2D eigenvalue weighted by molar-refractivity contribution is 0.174. The van der Waals surface area contributed by atoms with Crippen LogP contribution in [0.3, 0.4) is 0 Å². The Morgan fingerprint density at radius 2 is 2.06 bits per heavy atom. The molecule has 1 aliphatic heterocycles. The van der Waals surface area contributed by atoms with Gasteiger partial charge in [0.1, 0.15) is 13.2 Å². The summed E-state index contributed by atoms with van der Waals surface area (Å²) in [5, 5.41) is 2.02. The van der Waals surface area contributed by atoms with Crippen molar-refractivity contribution < 1.29 is 9.47 Å². The highest BCUT2D eigenvalue weighted by atomic mass is 127. The zero-order chi connectivity index (χ0) is 11.0. The van der Waals surface area contributed by atoms with Gasteiger partial charge in [-0.3, -0.25) is 0 Å². The molecule has 1 aromatic heterocycles. The second-order valence-electron chi connectivity index (χ2n) is 3.47. The van der Waals surface area contributed by atoms with Gasteiger partial charge in [-0.05, 0) is 40.3 Å². The highest BCUT2D eigenvalue weighted by Crippen LogP contribution is 2.45. The molecule has 16 heavy (non-hydrogen) atoms. The molecule has 3 rings (SSSR count). The van der Waals surface area contributed by atoms with Gasteiger partial charge in [0.05, 0.1) is 4.88 Å². The van der Waals surface area contributed by atoms with Crippen LogP contribution in [-0.2, 0) is 0 Å². The maximum atomic E-state index is 5.67. The van der Waals surface area contributed by atoms with E-state index in [1.807, 2.05) is 5.38 Å². The summed E-state index contributed by atoms with van der Waals surface area (Å²) in [6.07, 6.45) is 0. The third kappa shape index (κ3) is 1.80. The molecule has 0 atom stereocenters. The van der Waals surface area contributed by atoms with Crippen molar-refractivity contribution in [2.24, 2.45) is 0 Å². The molecule has 0 saturated carbocycles. The molecule has 2 heterocycles. The summed E-state index contributed by atoms with van der Waals surface area (Å²) in [5.41, 5.74) is 1.20. The van der Waals surface area contributed by atoms with Crippen molar-refractivity contribution >= 4 is 33.9 Å². The predicted octanol–water partition coefficient (Wildman–Crippen LogP) is 3.79. The van der Waals surface area contributed by atoms with Gasteiger partial charge in [-0.15, -0.1) is 11.3 Å². The van der Waals surface area contributed by atoms with Gasteiger partial charge in [0, 0.05) is 8.95 Å². The molecular formula is C12H9IO2S. The number of fused-ring (bicyclic) bond motifs is 1. The molecule has 0 unspecified atom stereocenters. The molecule has 0 amide bonds. The van der Waals surface area contributed by atoms with Gasteiger partial charge in [0.25, 0.3) is 0 Å². The van der Waals surface area contributed by atoms with Crippen molar-refractivity contribution in [1.82, 2.24) is 0 Å². The van der Waals surface area contributed by atoms with Crippen LogP contribution < -0.4 is 9.47 Å². The molecule has 82 valence electrons. The molecule has 0 spiro atoms. The number of ether oxygens (including phenoxy) is 2. The van der Waals surface area contributed by atoms with Crippen LogP contribution >= 0.6 is 33.9 Å². The van der Waals surface area contributed by atoms with Crippen molar-refractivity contribution in [3.63, 3.8) is 0 Å². The Bertz CT molecular complexity index is 521. The number of hydrogen-bond donors (Lipinski definition) is 0. The summed E-state index contributed by atoms with van der Waals surface area (Å²) >= 11 is 3.99. The topological polar surface area (TPSA) is 18.5 Å². The van der Waals surface area contributed by atoms with Gasteiger partial charge >= 0.3 is 0 Å². The summed E-state index contributed by atoms with van der Waals surface area (Å²) in [5.74, 6) is 1.78. The summed E-state index contributed by atoms with van der Waals surface area (Å²) in [4.78, 5) is 1.16. The van der Waals surface area contributed by atoms with E-state index in [4.69, 9.17) is 9.47 Å².